The third kappa shape index (κ3) is 5.14. The van der Waals surface area contributed by atoms with E-state index in [1.807, 2.05) is 18.3 Å². The highest BCUT2D eigenvalue weighted by atomic mass is 32.2. The molecule has 0 aliphatic carbocycles. The lowest BCUT2D eigenvalue weighted by Crippen LogP contribution is -1.85. The molecule has 0 saturated heterocycles. The molecule has 0 atom stereocenters. The first kappa shape index (κ1) is 13.0. The standard InChI is InChI=1S/C11H13NO2S2/c1-3-13-8-15-10-5-6-11(12-7-10)16-9-14-4-2/h3-7H,1-2,8-9H2. The maximum Gasteiger partial charge on any atom is 0.139 e. The van der Waals surface area contributed by atoms with Gasteiger partial charge in [-0.1, -0.05) is 36.7 Å². The van der Waals surface area contributed by atoms with Crippen LogP contribution in [0.15, 0.2) is 53.9 Å². The van der Waals surface area contributed by atoms with Crippen molar-refractivity contribution < 1.29 is 9.47 Å². The highest BCUT2D eigenvalue weighted by Crippen LogP contribution is 2.21. The molecule has 0 fully saturated rings. The minimum absolute atomic E-state index is 0.530. The second kappa shape index (κ2) is 8.13. The number of thioether (sulfide) groups is 2. The topological polar surface area (TPSA) is 31.4 Å². The smallest absolute Gasteiger partial charge is 0.139 e. The molecule has 0 amide bonds. The van der Waals surface area contributed by atoms with Crippen LogP contribution in [0.4, 0.5) is 0 Å². The van der Waals surface area contributed by atoms with Crippen LogP contribution in [0.25, 0.3) is 0 Å². The molecule has 0 saturated carbocycles. The molecule has 5 heteroatoms. The van der Waals surface area contributed by atoms with Crippen LogP contribution in [0.1, 0.15) is 0 Å². The van der Waals surface area contributed by atoms with Gasteiger partial charge in [0, 0.05) is 11.1 Å². The number of ether oxygens (including phenoxy) is 2. The summed E-state index contributed by atoms with van der Waals surface area (Å²) in [6.07, 6.45) is 4.66. The van der Waals surface area contributed by atoms with Crippen LogP contribution < -0.4 is 0 Å². The van der Waals surface area contributed by atoms with Gasteiger partial charge in [-0.15, -0.1) is 0 Å². The second-order valence-electron chi connectivity index (χ2n) is 2.52. The van der Waals surface area contributed by atoms with Crippen molar-refractivity contribution in [1.29, 1.82) is 0 Å². The first-order chi connectivity index (χ1) is 7.86. The Morgan fingerprint density at radius 3 is 2.38 bits per heavy atom. The molecular weight excluding hydrogens is 242 g/mol. The largest absolute Gasteiger partial charge is 0.491 e. The molecule has 0 aromatic carbocycles. The van der Waals surface area contributed by atoms with Crippen molar-refractivity contribution in [3.8, 4) is 0 Å². The van der Waals surface area contributed by atoms with Gasteiger partial charge in [-0.05, 0) is 12.1 Å². The fourth-order valence-corrected chi connectivity index (χ4v) is 2.00. The number of rotatable bonds is 8. The van der Waals surface area contributed by atoms with Crippen LogP contribution >= 0.6 is 23.5 Å². The average Bonchev–Trinajstić information content (AvgIpc) is 2.32. The quantitative estimate of drug-likeness (QED) is 0.307. The lowest BCUT2D eigenvalue weighted by atomic mass is 10.5. The van der Waals surface area contributed by atoms with E-state index in [0.29, 0.717) is 11.9 Å². The molecule has 0 unspecified atom stereocenters. The zero-order valence-corrected chi connectivity index (χ0v) is 10.4. The van der Waals surface area contributed by atoms with Crippen molar-refractivity contribution in [2.45, 2.75) is 9.92 Å². The summed E-state index contributed by atoms with van der Waals surface area (Å²) in [5, 5.41) is 0.927. The third-order valence-corrected chi connectivity index (χ3v) is 3.13. The van der Waals surface area contributed by atoms with Gasteiger partial charge in [0.15, 0.2) is 0 Å². The predicted molar refractivity (Wildman–Crippen MR) is 68.2 cm³/mol. The van der Waals surface area contributed by atoms with Crippen molar-refractivity contribution in [3.05, 3.63) is 44.0 Å². The summed E-state index contributed by atoms with van der Waals surface area (Å²) in [5.41, 5.74) is 0. The van der Waals surface area contributed by atoms with Crippen molar-refractivity contribution in [2.75, 3.05) is 11.9 Å². The minimum Gasteiger partial charge on any atom is -0.491 e. The van der Waals surface area contributed by atoms with Gasteiger partial charge in [0.25, 0.3) is 0 Å². The van der Waals surface area contributed by atoms with Crippen LogP contribution in [0.3, 0.4) is 0 Å². The first-order valence-electron chi connectivity index (χ1n) is 4.53. The molecule has 0 radical (unpaired) electrons. The number of hydrogen-bond donors (Lipinski definition) is 0. The van der Waals surface area contributed by atoms with Crippen molar-refractivity contribution in [2.24, 2.45) is 0 Å². The summed E-state index contributed by atoms with van der Waals surface area (Å²) >= 11 is 3.09. The van der Waals surface area contributed by atoms with Gasteiger partial charge in [0.05, 0.1) is 17.6 Å². The number of aromatic nitrogens is 1. The van der Waals surface area contributed by atoms with Crippen molar-refractivity contribution in [1.82, 2.24) is 4.98 Å². The lowest BCUT2D eigenvalue weighted by Gasteiger charge is -2.03. The minimum atomic E-state index is 0.530. The molecule has 16 heavy (non-hydrogen) atoms. The van der Waals surface area contributed by atoms with E-state index >= 15 is 0 Å². The highest BCUT2D eigenvalue weighted by molar-refractivity contribution is 7.99. The molecule has 1 heterocycles. The summed E-state index contributed by atoms with van der Waals surface area (Å²) in [5.74, 6) is 1.08. The second-order valence-corrected chi connectivity index (χ2v) is 4.46. The summed E-state index contributed by atoms with van der Waals surface area (Å²) in [4.78, 5) is 5.34. The van der Waals surface area contributed by atoms with Gasteiger partial charge < -0.3 is 9.47 Å². The monoisotopic (exact) mass is 255 g/mol. The van der Waals surface area contributed by atoms with Gasteiger partial charge >= 0.3 is 0 Å². The number of pyridine rings is 1. The summed E-state index contributed by atoms with van der Waals surface area (Å²) in [6, 6.07) is 3.95. The normalized spacial score (nSPS) is 9.50. The maximum atomic E-state index is 5.01. The van der Waals surface area contributed by atoms with Crippen LogP contribution in [0.2, 0.25) is 0 Å². The Kier molecular flexibility index (Phi) is 6.60. The molecule has 1 aromatic rings. The van der Waals surface area contributed by atoms with Crippen molar-refractivity contribution >= 4 is 23.5 Å². The zero-order valence-electron chi connectivity index (χ0n) is 8.80. The van der Waals surface area contributed by atoms with E-state index in [0.717, 1.165) is 9.92 Å². The van der Waals surface area contributed by atoms with E-state index in [9.17, 15) is 0 Å². The maximum absolute atomic E-state index is 5.01. The number of hydrogen-bond acceptors (Lipinski definition) is 5. The van der Waals surface area contributed by atoms with Gasteiger partial charge in [0.2, 0.25) is 0 Å². The predicted octanol–water partition coefficient (Wildman–Crippen LogP) is 3.50. The summed E-state index contributed by atoms with van der Waals surface area (Å²) in [7, 11) is 0. The van der Waals surface area contributed by atoms with Crippen molar-refractivity contribution in [3.63, 3.8) is 0 Å². The first-order valence-corrected chi connectivity index (χ1v) is 6.50. The molecule has 0 aliphatic heterocycles. The molecule has 3 nitrogen and oxygen atoms in total. The zero-order chi connectivity index (χ0) is 11.6. The highest BCUT2D eigenvalue weighted by Gasteiger charge is 1.97. The van der Waals surface area contributed by atoms with Gasteiger partial charge in [-0.2, -0.15) is 0 Å². The Labute approximate surface area is 104 Å². The molecule has 0 aliphatic rings. The Hall–Kier alpha value is -1.07. The van der Waals surface area contributed by atoms with E-state index < -0.39 is 0 Å². The fourth-order valence-electron chi connectivity index (χ4n) is 0.830. The molecule has 86 valence electrons. The molecule has 1 aromatic heterocycles. The van der Waals surface area contributed by atoms with E-state index in [4.69, 9.17) is 9.47 Å². The molecule has 1 rings (SSSR count). The SMILES string of the molecule is C=COCSc1ccc(SCOC=C)nc1. The van der Waals surface area contributed by atoms with E-state index in [2.05, 4.69) is 18.1 Å². The number of nitrogens with zero attached hydrogens (tertiary/aromatic N) is 1. The average molecular weight is 255 g/mol. The molecular formula is C11H13NO2S2. The van der Waals surface area contributed by atoms with Gasteiger partial charge in [-0.25, -0.2) is 4.98 Å². The molecule has 0 N–H and O–H groups in total. The van der Waals surface area contributed by atoms with Gasteiger partial charge in [0.1, 0.15) is 11.9 Å². The lowest BCUT2D eigenvalue weighted by molar-refractivity contribution is 0.318. The third-order valence-electron chi connectivity index (χ3n) is 1.51. The fraction of sp³-hybridized carbons (Fsp3) is 0.182. The Morgan fingerprint density at radius 2 is 1.81 bits per heavy atom. The van der Waals surface area contributed by atoms with Gasteiger partial charge in [-0.3, -0.25) is 0 Å². The Morgan fingerprint density at radius 1 is 1.12 bits per heavy atom. The Bertz CT molecular complexity index is 294. The summed E-state index contributed by atoms with van der Waals surface area (Å²) in [6.45, 7) is 6.94. The Balaban J connectivity index is 2.35. The van der Waals surface area contributed by atoms with Crippen LogP contribution in [0, 0.1) is 0 Å². The molecule has 0 bridgehead atoms. The van der Waals surface area contributed by atoms with Crippen LogP contribution in [0.5, 0.6) is 0 Å². The summed E-state index contributed by atoms with van der Waals surface area (Å²) < 4.78 is 10.0. The molecule has 0 spiro atoms. The van der Waals surface area contributed by atoms with E-state index in [-0.39, 0.29) is 0 Å². The van der Waals surface area contributed by atoms with Crippen LogP contribution in [-0.2, 0) is 9.47 Å². The van der Waals surface area contributed by atoms with E-state index in [1.54, 1.807) is 11.8 Å². The van der Waals surface area contributed by atoms with E-state index in [1.165, 1.54) is 24.3 Å². The van der Waals surface area contributed by atoms with Crippen LogP contribution in [-0.4, -0.2) is 16.9 Å².